The van der Waals surface area contributed by atoms with Gasteiger partial charge in [0.1, 0.15) is 6.04 Å². The van der Waals surface area contributed by atoms with Crippen LogP contribution in [0.5, 0.6) is 0 Å². The maximum atomic E-state index is 13.1. The molecule has 0 aromatic heterocycles. The van der Waals surface area contributed by atoms with E-state index in [2.05, 4.69) is 13.8 Å². The van der Waals surface area contributed by atoms with Crippen molar-refractivity contribution in [2.45, 2.75) is 52.7 Å². The number of allylic oxidation sites excluding steroid dienone is 1. The Kier molecular flexibility index (Phi) is 3.99. The van der Waals surface area contributed by atoms with Crippen LogP contribution in [0.15, 0.2) is 35.1 Å². The number of aliphatic hydroxyl groups is 1. The van der Waals surface area contributed by atoms with E-state index in [9.17, 15) is 19.8 Å². The molecule has 0 spiro atoms. The molecule has 25 heavy (non-hydrogen) atoms. The van der Waals surface area contributed by atoms with Gasteiger partial charge in [0.2, 0.25) is 0 Å². The first-order chi connectivity index (χ1) is 11.5. The molecule has 0 unspecified atom stereocenters. The minimum atomic E-state index is -1.11. The third-order valence-electron chi connectivity index (χ3n) is 5.72. The summed E-state index contributed by atoms with van der Waals surface area (Å²) in [6.45, 7) is 10.00. The van der Waals surface area contributed by atoms with Crippen LogP contribution < -0.4 is 0 Å². The molecule has 3 atom stereocenters. The lowest BCUT2D eigenvalue weighted by Gasteiger charge is -2.43. The second-order valence-electron chi connectivity index (χ2n) is 8.71. The lowest BCUT2D eigenvalue weighted by molar-refractivity contribution is -0.143. The number of ketones is 1. The van der Waals surface area contributed by atoms with Crippen LogP contribution in [0.25, 0.3) is 0 Å². The summed E-state index contributed by atoms with van der Waals surface area (Å²) < 4.78 is 0. The first-order valence-corrected chi connectivity index (χ1v) is 8.87. The van der Waals surface area contributed by atoms with Crippen LogP contribution in [0.3, 0.4) is 0 Å². The molecule has 3 aliphatic rings. The van der Waals surface area contributed by atoms with Gasteiger partial charge in [-0.15, -0.1) is 0 Å². The summed E-state index contributed by atoms with van der Waals surface area (Å²) in [5, 5.41) is 20.7. The number of Topliss-reactive ketones (excluding diaryl/α,β-unsaturated/α-hetero) is 1. The first kappa shape index (κ1) is 17.9. The number of carbonyl (C=O) groups excluding carboxylic acids is 1. The number of hydrogen-bond donors (Lipinski definition) is 2. The van der Waals surface area contributed by atoms with Gasteiger partial charge >= 0.3 is 5.97 Å². The monoisotopic (exact) mass is 345 g/mol. The zero-order valence-electron chi connectivity index (χ0n) is 15.5. The number of carbonyl (C=O) groups is 2. The van der Waals surface area contributed by atoms with Crippen molar-refractivity contribution in [3.63, 3.8) is 0 Å². The normalized spacial score (nSPS) is 31.8. The van der Waals surface area contributed by atoms with Gasteiger partial charge in [0, 0.05) is 29.8 Å². The van der Waals surface area contributed by atoms with Crippen LogP contribution in [0, 0.1) is 17.3 Å². The summed E-state index contributed by atoms with van der Waals surface area (Å²) in [6.07, 6.45) is 6.18. The zero-order chi connectivity index (χ0) is 18.7. The van der Waals surface area contributed by atoms with Crippen molar-refractivity contribution in [2.75, 3.05) is 6.54 Å². The number of aliphatic carboxylic acids is 1. The van der Waals surface area contributed by atoms with E-state index < -0.39 is 17.6 Å². The number of rotatable bonds is 3. The zero-order valence-corrected chi connectivity index (χ0v) is 15.5. The summed E-state index contributed by atoms with van der Waals surface area (Å²) in [7, 11) is 0. The van der Waals surface area contributed by atoms with Crippen LogP contribution >= 0.6 is 0 Å². The van der Waals surface area contributed by atoms with Crippen LogP contribution in [-0.2, 0) is 9.59 Å². The number of fused-ring (bicyclic) bond motifs is 2. The van der Waals surface area contributed by atoms with Crippen molar-refractivity contribution in [3.05, 3.63) is 35.1 Å². The van der Waals surface area contributed by atoms with Crippen LogP contribution in [0.1, 0.15) is 41.0 Å². The highest BCUT2D eigenvalue weighted by atomic mass is 16.4. The minimum Gasteiger partial charge on any atom is -0.480 e. The number of carboxylic acid groups (broad SMARTS) is 1. The van der Waals surface area contributed by atoms with Crippen molar-refractivity contribution in [1.82, 2.24) is 4.90 Å². The second kappa shape index (κ2) is 5.56. The summed E-state index contributed by atoms with van der Waals surface area (Å²) in [5.74, 6) is -1.28. The van der Waals surface area contributed by atoms with Gasteiger partial charge in [-0.1, -0.05) is 39.8 Å². The fourth-order valence-electron chi connectivity index (χ4n) is 4.54. The van der Waals surface area contributed by atoms with Gasteiger partial charge in [0.25, 0.3) is 0 Å². The molecule has 136 valence electrons. The molecule has 1 heterocycles. The molecular formula is C20H27NO4. The molecule has 1 aliphatic heterocycles. The Morgan fingerprint density at radius 2 is 1.96 bits per heavy atom. The number of nitrogens with zero attached hydrogens (tertiary/aromatic N) is 1. The molecule has 1 saturated carbocycles. The summed E-state index contributed by atoms with van der Waals surface area (Å²) in [6, 6.07) is -0.699. The number of hydrogen-bond acceptors (Lipinski definition) is 4. The molecule has 3 rings (SSSR count). The average molecular weight is 345 g/mol. The Morgan fingerprint density at radius 3 is 2.52 bits per heavy atom. The van der Waals surface area contributed by atoms with Crippen LogP contribution in [0.2, 0.25) is 0 Å². The molecule has 0 aromatic carbocycles. The Balaban J connectivity index is 2.05. The van der Waals surface area contributed by atoms with E-state index in [0.29, 0.717) is 23.3 Å². The van der Waals surface area contributed by atoms with Crippen molar-refractivity contribution >= 4 is 11.8 Å². The van der Waals surface area contributed by atoms with Crippen LogP contribution in [0.4, 0.5) is 0 Å². The molecule has 1 fully saturated rings. The standard InChI is InChI=1S/C20H27NO4/c1-11(2)16(18(23)24)21-7-6-14-13(10-21)17(22)12-8-19(3,4)9-15(12)20(14,5)25/h6,8,10-11,15-16,25H,7,9H2,1-5H3,(H,23,24)/t15-,16-,20+/m0/s1. The Labute approximate surface area is 148 Å². The predicted octanol–water partition coefficient (Wildman–Crippen LogP) is 2.53. The van der Waals surface area contributed by atoms with Gasteiger partial charge in [-0.2, -0.15) is 0 Å². The topological polar surface area (TPSA) is 77.8 Å². The van der Waals surface area contributed by atoms with Gasteiger partial charge in [-0.3, -0.25) is 4.79 Å². The lowest BCUT2D eigenvalue weighted by Crippen LogP contribution is -2.49. The largest absolute Gasteiger partial charge is 0.480 e. The van der Waals surface area contributed by atoms with E-state index in [0.717, 1.165) is 6.42 Å². The Hall–Kier alpha value is -1.88. The van der Waals surface area contributed by atoms with E-state index >= 15 is 0 Å². The van der Waals surface area contributed by atoms with E-state index in [1.807, 2.05) is 26.0 Å². The van der Waals surface area contributed by atoms with Crippen molar-refractivity contribution in [1.29, 1.82) is 0 Å². The highest BCUT2D eigenvalue weighted by molar-refractivity contribution is 6.14. The molecule has 0 bridgehead atoms. The van der Waals surface area contributed by atoms with Gasteiger partial charge in [0.05, 0.1) is 5.60 Å². The molecular weight excluding hydrogens is 318 g/mol. The molecule has 5 heteroatoms. The van der Waals surface area contributed by atoms with Crippen LogP contribution in [-0.4, -0.2) is 45.1 Å². The maximum absolute atomic E-state index is 13.1. The molecule has 0 radical (unpaired) electrons. The quantitative estimate of drug-likeness (QED) is 0.822. The van der Waals surface area contributed by atoms with Gasteiger partial charge in [-0.05, 0) is 30.3 Å². The first-order valence-electron chi connectivity index (χ1n) is 8.87. The summed E-state index contributed by atoms with van der Waals surface area (Å²) in [5.41, 5.74) is 0.499. The fraction of sp³-hybridized carbons (Fsp3) is 0.600. The highest BCUT2D eigenvalue weighted by Gasteiger charge is 2.53. The van der Waals surface area contributed by atoms with Gasteiger partial charge < -0.3 is 15.1 Å². The third kappa shape index (κ3) is 2.74. The van der Waals surface area contributed by atoms with Crippen molar-refractivity contribution in [2.24, 2.45) is 17.3 Å². The van der Waals surface area contributed by atoms with E-state index in [1.165, 1.54) is 0 Å². The smallest absolute Gasteiger partial charge is 0.326 e. The lowest BCUT2D eigenvalue weighted by atomic mass is 9.67. The van der Waals surface area contributed by atoms with E-state index in [1.54, 1.807) is 18.0 Å². The van der Waals surface area contributed by atoms with Gasteiger partial charge in [-0.25, -0.2) is 4.79 Å². The SMILES string of the molecule is CC(C)[C@@H](C(=O)O)N1C=C2C(=O)C3=CC(C)(C)C[C@@H]3[C@](C)(O)C2=CC1. The molecule has 0 amide bonds. The maximum Gasteiger partial charge on any atom is 0.326 e. The molecule has 2 aliphatic carbocycles. The van der Waals surface area contributed by atoms with E-state index in [-0.39, 0.29) is 23.0 Å². The molecule has 5 nitrogen and oxygen atoms in total. The molecule has 2 N–H and O–H groups in total. The average Bonchev–Trinajstić information content (AvgIpc) is 2.81. The second-order valence-corrected chi connectivity index (χ2v) is 8.71. The Morgan fingerprint density at radius 1 is 1.32 bits per heavy atom. The van der Waals surface area contributed by atoms with Crippen molar-refractivity contribution in [3.8, 4) is 0 Å². The minimum absolute atomic E-state index is 0.0778. The summed E-state index contributed by atoms with van der Waals surface area (Å²) >= 11 is 0. The van der Waals surface area contributed by atoms with E-state index in [4.69, 9.17) is 0 Å². The number of carboxylic acids is 1. The molecule has 0 aromatic rings. The molecule has 0 saturated heterocycles. The Bertz CT molecular complexity index is 724. The fourth-order valence-corrected chi connectivity index (χ4v) is 4.54. The third-order valence-corrected chi connectivity index (χ3v) is 5.72. The highest BCUT2D eigenvalue weighted by Crippen LogP contribution is 2.53. The van der Waals surface area contributed by atoms with Gasteiger partial charge in [0.15, 0.2) is 5.78 Å². The predicted molar refractivity (Wildman–Crippen MR) is 94.7 cm³/mol. The van der Waals surface area contributed by atoms with Crippen molar-refractivity contribution < 1.29 is 19.8 Å². The summed E-state index contributed by atoms with van der Waals surface area (Å²) in [4.78, 5) is 26.4.